The molecule has 0 aliphatic heterocycles. The Bertz CT molecular complexity index is 439. The van der Waals surface area contributed by atoms with Gasteiger partial charge in [-0.1, -0.05) is 13.8 Å². The van der Waals surface area contributed by atoms with E-state index in [1.54, 1.807) is 0 Å². The van der Waals surface area contributed by atoms with E-state index >= 15 is 0 Å². The van der Waals surface area contributed by atoms with E-state index in [0.717, 1.165) is 5.56 Å². The number of phenols is 1. The molecule has 5 nitrogen and oxygen atoms in total. The number of esters is 2. The first-order valence-corrected chi connectivity index (χ1v) is 5.45. The maximum Gasteiger partial charge on any atom is 0.341 e. The van der Waals surface area contributed by atoms with Crippen LogP contribution in [0.25, 0.3) is 0 Å². The summed E-state index contributed by atoms with van der Waals surface area (Å²) >= 11 is 0. The van der Waals surface area contributed by atoms with Crippen LogP contribution in [-0.2, 0) is 9.47 Å². The second kappa shape index (κ2) is 5.53. The second-order valence-electron chi connectivity index (χ2n) is 4.10. The molecule has 0 atom stereocenters. The molecule has 98 valence electrons. The van der Waals surface area contributed by atoms with Gasteiger partial charge in [0.15, 0.2) is 0 Å². The number of hydrogen-bond donors (Lipinski definition) is 1. The molecule has 1 N–H and O–H groups in total. The van der Waals surface area contributed by atoms with E-state index in [9.17, 15) is 14.7 Å². The van der Waals surface area contributed by atoms with Crippen LogP contribution in [-0.4, -0.2) is 31.3 Å². The summed E-state index contributed by atoms with van der Waals surface area (Å²) in [6.07, 6.45) is 0. The Morgan fingerprint density at radius 3 is 1.72 bits per heavy atom. The molecule has 1 rings (SSSR count). The lowest BCUT2D eigenvalue weighted by molar-refractivity contribution is 0.0592. The van der Waals surface area contributed by atoms with Gasteiger partial charge in [-0.25, -0.2) is 9.59 Å². The van der Waals surface area contributed by atoms with Gasteiger partial charge >= 0.3 is 11.9 Å². The number of hydrogen-bond acceptors (Lipinski definition) is 5. The van der Waals surface area contributed by atoms with Gasteiger partial charge in [0.25, 0.3) is 0 Å². The number of carbonyl (C=O) groups is 2. The third kappa shape index (κ3) is 2.61. The van der Waals surface area contributed by atoms with Crippen molar-refractivity contribution in [1.29, 1.82) is 0 Å². The number of phenolic OH excluding ortho intramolecular Hbond substituents is 1. The van der Waals surface area contributed by atoms with E-state index in [4.69, 9.17) is 0 Å². The smallest absolute Gasteiger partial charge is 0.341 e. The fourth-order valence-corrected chi connectivity index (χ4v) is 1.52. The second-order valence-corrected chi connectivity index (χ2v) is 4.10. The topological polar surface area (TPSA) is 72.8 Å². The van der Waals surface area contributed by atoms with Crippen molar-refractivity contribution in [3.63, 3.8) is 0 Å². The van der Waals surface area contributed by atoms with Gasteiger partial charge in [-0.05, 0) is 23.6 Å². The summed E-state index contributed by atoms with van der Waals surface area (Å²) in [5.74, 6) is -1.71. The zero-order valence-electron chi connectivity index (χ0n) is 10.8. The zero-order chi connectivity index (χ0) is 13.9. The highest BCUT2D eigenvalue weighted by atomic mass is 16.5. The summed E-state index contributed by atoms with van der Waals surface area (Å²) in [7, 11) is 2.42. The van der Waals surface area contributed by atoms with Crippen LogP contribution in [0.3, 0.4) is 0 Å². The van der Waals surface area contributed by atoms with Gasteiger partial charge in [0.1, 0.15) is 16.9 Å². The molecule has 0 heterocycles. The molecule has 0 aromatic heterocycles. The Hall–Kier alpha value is -2.04. The highest BCUT2D eigenvalue weighted by molar-refractivity contribution is 6.00. The van der Waals surface area contributed by atoms with Crippen LogP contribution in [0.2, 0.25) is 0 Å². The Morgan fingerprint density at radius 2 is 1.44 bits per heavy atom. The number of rotatable bonds is 3. The largest absolute Gasteiger partial charge is 0.506 e. The van der Waals surface area contributed by atoms with Crippen molar-refractivity contribution >= 4 is 11.9 Å². The molecule has 5 heteroatoms. The molecule has 0 radical (unpaired) electrons. The standard InChI is InChI=1S/C13H16O5/c1-7(2)8-5-9(12(15)17-3)11(14)10(6-8)13(16)18-4/h5-7,14H,1-4H3. The molecule has 18 heavy (non-hydrogen) atoms. The van der Waals surface area contributed by atoms with E-state index in [0.29, 0.717) is 0 Å². The van der Waals surface area contributed by atoms with Crippen LogP contribution >= 0.6 is 0 Å². The molecule has 1 aromatic carbocycles. The summed E-state index contributed by atoms with van der Waals surface area (Å²) in [5, 5.41) is 9.90. The fraction of sp³-hybridized carbons (Fsp3) is 0.385. The lowest BCUT2D eigenvalue weighted by Gasteiger charge is -2.12. The normalized spacial score (nSPS) is 10.3. The fourth-order valence-electron chi connectivity index (χ4n) is 1.52. The van der Waals surface area contributed by atoms with Crippen LogP contribution < -0.4 is 0 Å². The van der Waals surface area contributed by atoms with Crippen molar-refractivity contribution in [2.45, 2.75) is 19.8 Å². The first kappa shape index (κ1) is 14.0. The maximum absolute atomic E-state index is 11.5. The van der Waals surface area contributed by atoms with E-state index < -0.39 is 17.7 Å². The maximum atomic E-state index is 11.5. The monoisotopic (exact) mass is 252 g/mol. The van der Waals surface area contributed by atoms with Gasteiger partial charge in [-0.15, -0.1) is 0 Å². The molecule has 0 unspecified atom stereocenters. The van der Waals surface area contributed by atoms with E-state index in [1.165, 1.54) is 26.4 Å². The van der Waals surface area contributed by atoms with Gasteiger partial charge in [0.05, 0.1) is 14.2 Å². The predicted molar refractivity (Wildman–Crippen MR) is 64.9 cm³/mol. The summed E-state index contributed by atoms with van der Waals surface area (Å²) in [4.78, 5) is 23.1. The number of benzene rings is 1. The molecule has 0 aliphatic rings. The molecule has 0 fully saturated rings. The molecular weight excluding hydrogens is 236 g/mol. The summed E-state index contributed by atoms with van der Waals surface area (Å²) in [6, 6.07) is 3.02. The van der Waals surface area contributed by atoms with E-state index in [1.807, 2.05) is 13.8 Å². The third-order valence-corrected chi connectivity index (χ3v) is 2.61. The minimum Gasteiger partial charge on any atom is -0.506 e. The van der Waals surface area contributed by atoms with Crippen molar-refractivity contribution in [1.82, 2.24) is 0 Å². The Kier molecular flexibility index (Phi) is 4.31. The van der Waals surface area contributed by atoms with Crippen LogP contribution in [0.1, 0.15) is 46.0 Å². The molecule has 0 bridgehead atoms. The molecule has 1 aromatic rings. The Morgan fingerprint density at radius 1 is 1.06 bits per heavy atom. The number of carbonyl (C=O) groups excluding carboxylic acids is 2. The quantitative estimate of drug-likeness (QED) is 0.834. The molecule has 0 amide bonds. The van der Waals surface area contributed by atoms with Crippen molar-refractivity contribution in [2.24, 2.45) is 0 Å². The van der Waals surface area contributed by atoms with Gasteiger partial charge in [-0.2, -0.15) is 0 Å². The van der Waals surface area contributed by atoms with E-state index in [-0.39, 0.29) is 17.0 Å². The molecule has 0 aliphatic carbocycles. The molecule has 0 saturated heterocycles. The average Bonchev–Trinajstić information content (AvgIpc) is 2.36. The summed E-state index contributed by atoms with van der Waals surface area (Å²) in [6.45, 7) is 3.82. The highest BCUT2D eigenvalue weighted by Gasteiger charge is 2.22. The van der Waals surface area contributed by atoms with Crippen molar-refractivity contribution in [2.75, 3.05) is 14.2 Å². The van der Waals surface area contributed by atoms with Crippen LogP contribution in [0, 0.1) is 0 Å². The lowest BCUT2D eigenvalue weighted by atomic mass is 9.96. The zero-order valence-corrected chi connectivity index (χ0v) is 10.8. The van der Waals surface area contributed by atoms with E-state index in [2.05, 4.69) is 9.47 Å². The van der Waals surface area contributed by atoms with Crippen molar-refractivity contribution in [3.05, 3.63) is 28.8 Å². The van der Waals surface area contributed by atoms with Gasteiger partial charge in [0.2, 0.25) is 0 Å². The molecule has 0 spiro atoms. The number of ether oxygens (including phenoxy) is 2. The van der Waals surface area contributed by atoms with Crippen molar-refractivity contribution < 1.29 is 24.2 Å². The predicted octanol–water partition coefficient (Wildman–Crippen LogP) is 2.09. The highest BCUT2D eigenvalue weighted by Crippen LogP contribution is 2.29. The minimum atomic E-state index is -0.694. The third-order valence-electron chi connectivity index (χ3n) is 2.61. The van der Waals surface area contributed by atoms with Gasteiger partial charge < -0.3 is 14.6 Å². The first-order valence-electron chi connectivity index (χ1n) is 5.45. The SMILES string of the molecule is COC(=O)c1cc(C(C)C)cc(C(=O)OC)c1O. The summed E-state index contributed by atoms with van der Waals surface area (Å²) < 4.78 is 9.14. The lowest BCUT2D eigenvalue weighted by Crippen LogP contribution is -2.09. The number of methoxy groups -OCH3 is 2. The average molecular weight is 252 g/mol. The van der Waals surface area contributed by atoms with Crippen LogP contribution in [0.5, 0.6) is 5.75 Å². The van der Waals surface area contributed by atoms with Gasteiger partial charge in [-0.3, -0.25) is 0 Å². The molecule has 0 saturated carbocycles. The summed E-state index contributed by atoms with van der Waals surface area (Å²) in [5.41, 5.74) is 0.668. The Balaban J connectivity index is 3.47. The van der Waals surface area contributed by atoms with Crippen LogP contribution in [0.4, 0.5) is 0 Å². The minimum absolute atomic E-state index is 0.0379. The van der Waals surface area contributed by atoms with Crippen molar-refractivity contribution in [3.8, 4) is 5.75 Å². The molecular formula is C13H16O5. The Labute approximate surface area is 105 Å². The van der Waals surface area contributed by atoms with Gasteiger partial charge in [0, 0.05) is 0 Å². The van der Waals surface area contributed by atoms with Crippen LogP contribution in [0.15, 0.2) is 12.1 Å². The number of aromatic hydroxyl groups is 1. The first-order chi connectivity index (χ1) is 8.42.